The summed E-state index contributed by atoms with van der Waals surface area (Å²) in [5, 5.41) is 12.6. The number of likely N-dealkylation sites (tertiary alicyclic amines) is 1. The molecule has 0 saturated carbocycles. The van der Waals surface area contributed by atoms with Crippen molar-refractivity contribution in [3.63, 3.8) is 0 Å². The molecule has 2 aromatic carbocycles. The molecule has 1 aromatic heterocycles. The van der Waals surface area contributed by atoms with Crippen LogP contribution in [0, 0.1) is 5.92 Å². The summed E-state index contributed by atoms with van der Waals surface area (Å²) in [5.41, 5.74) is 3.09. The van der Waals surface area contributed by atoms with E-state index in [9.17, 15) is 27.9 Å². The van der Waals surface area contributed by atoms with Gasteiger partial charge in [0.1, 0.15) is 11.2 Å². The van der Waals surface area contributed by atoms with Gasteiger partial charge >= 0.3 is 12.1 Å². The standard InChI is InChI=1S/C30H31Cl2F3N4O5/c1-17-23(14-38-16-37-25(31)26(38)32)43-28(44-24(17)20-8-6-19(15-40)7-9-20)21-10-4-18(5-11-21)13-36-27(41)22-3-2-12-39(22)29(42)30(33,34)35/h4-11,16-17,22-24,28,40H,2-3,12-15H2,1H3,(H,36,41)/t17-,22+,23+,24+,28+/m1/s1. The summed E-state index contributed by atoms with van der Waals surface area (Å²) in [6.07, 6.45) is -4.48. The van der Waals surface area contributed by atoms with Crippen molar-refractivity contribution >= 4 is 35.0 Å². The van der Waals surface area contributed by atoms with Crippen molar-refractivity contribution in [2.75, 3.05) is 6.54 Å². The molecular formula is C30H31Cl2F3N4O5. The third-order valence-corrected chi connectivity index (χ3v) is 8.78. The molecule has 236 valence electrons. The number of ether oxygens (including phenoxy) is 2. The fraction of sp³-hybridized carbons (Fsp3) is 0.433. The van der Waals surface area contributed by atoms with E-state index in [4.69, 9.17) is 32.7 Å². The summed E-state index contributed by atoms with van der Waals surface area (Å²) >= 11 is 12.4. The average Bonchev–Trinajstić information content (AvgIpc) is 3.63. The molecular weight excluding hydrogens is 624 g/mol. The van der Waals surface area contributed by atoms with Crippen molar-refractivity contribution < 1.29 is 37.3 Å². The molecule has 2 fully saturated rings. The Morgan fingerprint density at radius 1 is 1.05 bits per heavy atom. The molecule has 0 radical (unpaired) electrons. The van der Waals surface area contributed by atoms with E-state index in [0.717, 1.165) is 11.1 Å². The topological polar surface area (TPSA) is 106 Å². The number of aliphatic hydroxyl groups excluding tert-OH is 1. The summed E-state index contributed by atoms with van der Waals surface area (Å²) in [6.45, 7) is 2.25. The number of nitrogens with one attached hydrogen (secondary N) is 1. The van der Waals surface area contributed by atoms with Crippen LogP contribution in [-0.2, 0) is 38.8 Å². The van der Waals surface area contributed by atoms with Crippen LogP contribution in [0.3, 0.4) is 0 Å². The van der Waals surface area contributed by atoms with E-state index in [1.807, 2.05) is 31.2 Å². The number of imidazole rings is 1. The lowest BCUT2D eigenvalue weighted by molar-refractivity contribution is -0.276. The van der Waals surface area contributed by atoms with Gasteiger partial charge in [0.25, 0.3) is 0 Å². The summed E-state index contributed by atoms with van der Waals surface area (Å²) in [4.78, 5) is 29.0. The largest absolute Gasteiger partial charge is 0.471 e. The lowest BCUT2D eigenvalue weighted by Crippen LogP contribution is -2.50. The Bertz CT molecular complexity index is 1470. The van der Waals surface area contributed by atoms with Crippen LogP contribution >= 0.6 is 23.2 Å². The third kappa shape index (κ3) is 7.05. The second kappa shape index (κ2) is 13.5. The number of hydrogen-bond acceptors (Lipinski definition) is 6. The van der Waals surface area contributed by atoms with E-state index in [1.165, 1.54) is 0 Å². The zero-order valence-corrected chi connectivity index (χ0v) is 25.1. The third-order valence-electron chi connectivity index (χ3n) is 8.01. The van der Waals surface area contributed by atoms with Gasteiger partial charge in [-0.3, -0.25) is 9.59 Å². The SMILES string of the molecule is C[C@@H]1[C@H](Cn2cnc(Cl)c2Cl)O[C@H](c2ccc(CNC(=O)[C@@H]3CCCN3C(=O)C(F)(F)F)cc2)O[C@@H]1c1ccc(CO)cc1. The van der Waals surface area contributed by atoms with Gasteiger partial charge in [0.15, 0.2) is 11.4 Å². The van der Waals surface area contributed by atoms with Gasteiger partial charge in [0.05, 0.1) is 31.7 Å². The molecule has 2 N–H and O–H groups in total. The molecule has 0 bridgehead atoms. The average molecular weight is 656 g/mol. The molecule has 5 atom stereocenters. The number of aliphatic hydroxyl groups is 1. The highest BCUT2D eigenvalue weighted by Crippen LogP contribution is 2.42. The molecule has 0 unspecified atom stereocenters. The summed E-state index contributed by atoms with van der Waals surface area (Å²) in [6, 6.07) is 13.4. The number of alkyl halides is 3. The van der Waals surface area contributed by atoms with Gasteiger partial charge in [-0.1, -0.05) is 78.7 Å². The molecule has 3 aromatic rings. The highest BCUT2D eigenvalue weighted by Gasteiger charge is 2.47. The first-order valence-corrected chi connectivity index (χ1v) is 14.8. The number of benzene rings is 2. The maximum atomic E-state index is 12.9. The Morgan fingerprint density at radius 2 is 1.70 bits per heavy atom. The minimum Gasteiger partial charge on any atom is -0.392 e. The number of aromatic nitrogens is 2. The maximum absolute atomic E-state index is 12.9. The first-order chi connectivity index (χ1) is 21.0. The van der Waals surface area contributed by atoms with Crippen molar-refractivity contribution in [2.24, 2.45) is 5.92 Å². The zero-order valence-electron chi connectivity index (χ0n) is 23.6. The molecule has 0 aliphatic carbocycles. The fourth-order valence-electron chi connectivity index (χ4n) is 5.54. The van der Waals surface area contributed by atoms with Crippen molar-refractivity contribution in [1.82, 2.24) is 19.8 Å². The van der Waals surface area contributed by atoms with Crippen molar-refractivity contribution in [1.29, 1.82) is 0 Å². The highest BCUT2D eigenvalue weighted by atomic mass is 35.5. The zero-order chi connectivity index (χ0) is 31.6. The minimum absolute atomic E-state index is 0.0649. The summed E-state index contributed by atoms with van der Waals surface area (Å²) in [7, 11) is 0. The van der Waals surface area contributed by atoms with E-state index in [1.54, 1.807) is 35.2 Å². The van der Waals surface area contributed by atoms with Gasteiger partial charge in [-0.15, -0.1) is 0 Å². The molecule has 2 saturated heterocycles. The molecule has 2 aliphatic rings. The minimum atomic E-state index is -5.03. The van der Waals surface area contributed by atoms with Crippen LogP contribution in [0.4, 0.5) is 13.2 Å². The Balaban J connectivity index is 1.29. The molecule has 9 nitrogen and oxygen atoms in total. The number of carbonyl (C=O) groups excluding carboxylic acids is 2. The molecule has 5 rings (SSSR count). The van der Waals surface area contributed by atoms with Crippen molar-refractivity contribution in [3.8, 4) is 0 Å². The van der Waals surface area contributed by atoms with Crippen LogP contribution in [0.2, 0.25) is 10.3 Å². The first-order valence-electron chi connectivity index (χ1n) is 14.1. The second-order valence-corrected chi connectivity index (χ2v) is 11.6. The molecule has 0 spiro atoms. The van der Waals surface area contributed by atoms with Gasteiger partial charge < -0.3 is 29.4 Å². The monoisotopic (exact) mass is 654 g/mol. The quantitative estimate of drug-likeness (QED) is 0.340. The van der Waals surface area contributed by atoms with Crippen LogP contribution in [0.5, 0.6) is 0 Å². The lowest BCUT2D eigenvalue weighted by Gasteiger charge is -2.41. The number of amides is 2. The smallest absolute Gasteiger partial charge is 0.392 e. The predicted molar refractivity (Wildman–Crippen MR) is 154 cm³/mol. The molecule has 2 aliphatic heterocycles. The van der Waals surface area contributed by atoms with Crippen molar-refractivity contribution in [3.05, 3.63) is 87.4 Å². The van der Waals surface area contributed by atoms with Gasteiger partial charge in [-0.2, -0.15) is 13.2 Å². The first kappa shape index (κ1) is 32.2. The number of rotatable bonds is 8. The molecule has 3 heterocycles. The van der Waals surface area contributed by atoms with Crippen LogP contribution in [0.1, 0.15) is 54.4 Å². The molecule has 2 amide bonds. The van der Waals surface area contributed by atoms with E-state index < -0.39 is 30.3 Å². The fourth-order valence-corrected chi connectivity index (χ4v) is 5.85. The van der Waals surface area contributed by atoms with Gasteiger partial charge in [-0.05, 0) is 29.5 Å². The normalized spacial score (nSPS) is 24.0. The molecule has 44 heavy (non-hydrogen) atoms. The summed E-state index contributed by atoms with van der Waals surface area (Å²) < 4.78 is 53.4. The van der Waals surface area contributed by atoms with Crippen LogP contribution in [0.25, 0.3) is 0 Å². The Morgan fingerprint density at radius 3 is 2.32 bits per heavy atom. The predicted octanol–water partition coefficient (Wildman–Crippen LogP) is 5.34. The highest BCUT2D eigenvalue weighted by molar-refractivity contribution is 6.40. The van der Waals surface area contributed by atoms with Gasteiger partial charge in [0, 0.05) is 24.6 Å². The van der Waals surface area contributed by atoms with Crippen LogP contribution in [0.15, 0.2) is 54.9 Å². The number of halogens is 5. The van der Waals surface area contributed by atoms with Crippen LogP contribution < -0.4 is 5.32 Å². The Kier molecular flexibility index (Phi) is 9.86. The van der Waals surface area contributed by atoms with Gasteiger partial charge in [-0.25, -0.2) is 4.98 Å². The van der Waals surface area contributed by atoms with Crippen LogP contribution in [-0.4, -0.2) is 56.2 Å². The number of hydrogen-bond donors (Lipinski definition) is 2. The number of carbonyl (C=O) groups is 2. The lowest BCUT2D eigenvalue weighted by atomic mass is 9.90. The van der Waals surface area contributed by atoms with E-state index in [-0.39, 0.29) is 49.4 Å². The Hall–Kier alpha value is -3.16. The Labute approximate surface area is 261 Å². The van der Waals surface area contributed by atoms with E-state index in [0.29, 0.717) is 34.1 Å². The van der Waals surface area contributed by atoms with E-state index in [2.05, 4.69) is 10.3 Å². The molecule has 14 heteroatoms. The van der Waals surface area contributed by atoms with Gasteiger partial charge in [0.2, 0.25) is 5.91 Å². The summed E-state index contributed by atoms with van der Waals surface area (Å²) in [5.74, 6) is -2.74. The van der Waals surface area contributed by atoms with Crippen molar-refractivity contribution in [2.45, 2.75) is 70.2 Å². The maximum Gasteiger partial charge on any atom is 0.471 e. The van der Waals surface area contributed by atoms with E-state index >= 15 is 0 Å². The number of nitrogens with zero attached hydrogens (tertiary/aromatic N) is 3. The second-order valence-electron chi connectivity index (χ2n) is 10.9.